The number of imide groups is 1. The van der Waals surface area contributed by atoms with E-state index in [4.69, 9.17) is 4.74 Å². The second-order valence-electron chi connectivity index (χ2n) is 8.29. The van der Waals surface area contributed by atoms with Crippen molar-refractivity contribution in [2.75, 3.05) is 13.2 Å². The molecule has 1 atom stereocenters. The van der Waals surface area contributed by atoms with Crippen LogP contribution in [0.5, 0.6) is 5.75 Å². The third-order valence-corrected chi connectivity index (χ3v) is 6.80. The van der Waals surface area contributed by atoms with Crippen LogP contribution in [-0.2, 0) is 27.1 Å². The van der Waals surface area contributed by atoms with Crippen molar-refractivity contribution in [1.29, 1.82) is 0 Å². The lowest BCUT2D eigenvalue weighted by atomic mass is 10.1. The summed E-state index contributed by atoms with van der Waals surface area (Å²) in [7, 11) is -3.71. The van der Waals surface area contributed by atoms with Crippen molar-refractivity contribution in [2.24, 2.45) is 5.92 Å². The van der Waals surface area contributed by atoms with Crippen molar-refractivity contribution in [3.8, 4) is 5.75 Å². The summed E-state index contributed by atoms with van der Waals surface area (Å²) in [6.07, 6.45) is 3.72. The highest BCUT2D eigenvalue weighted by atomic mass is 32.2. The molecule has 3 N–H and O–H groups in total. The Labute approximate surface area is 185 Å². The first-order valence-corrected chi connectivity index (χ1v) is 12.0. The quantitative estimate of drug-likeness (QED) is 0.466. The predicted octanol–water partition coefficient (Wildman–Crippen LogP) is 2.17. The number of carbonyl (C=O) groups excluding carboxylic acids is 2. The molecule has 1 saturated carbocycles. The fraction of sp³-hybridized carbons (Fsp3) is 0.429. The van der Waals surface area contributed by atoms with Crippen LogP contribution in [0.1, 0.15) is 42.6 Å². The summed E-state index contributed by atoms with van der Waals surface area (Å²) >= 11 is 0. The molecular formula is C21H25FN4O5S. The van der Waals surface area contributed by atoms with Crippen molar-refractivity contribution < 1.29 is 27.1 Å². The standard InChI is InChI=1S/C21H25FN4O5S/c1-13(16-4-5-18(22)19(7-16)31-11-14-2-3-14)25-32(29,30)12-15-6-17(23-8-15)9-26-10-20(27)24-21(26)28/h4-8,13-14,23,25H,2-3,9-12H2,1H3,(H,24,27,28)/t13-/m1/s1. The normalized spacial score (nSPS) is 17.5. The van der Waals surface area contributed by atoms with Gasteiger partial charge in [-0.2, -0.15) is 0 Å². The highest BCUT2D eigenvalue weighted by molar-refractivity contribution is 7.88. The number of benzene rings is 1. The van der Waals surface area contributed by atoms with E-state index in [1.54, 1.807) is 19.2 Å². The maximum absolute atomic E-state index is 14.0. The lowest BCUT2D eigenvalue weighted by molar-refractivity contribution is -0.118. The second kappa shape index (κ2) is 8.91. The molecule has 1 aromatic carbocycles. The van der Waals surface area contributed by atoms with Gasteiger partial charge in [-0.3, -0.25) is 10.1 Å². The Bertz CT molecular complexity index is 1130. The number of ether oxygens (including phenoxy) is 1. The number of amides is 3. The highest BCUT2D eigenvalue weighted by Gasteiger charge is 2.27. The van der Waals surface area contributed by atoms with E-state index >= 15 is 0 Å². The molecule has 9 nitrogen and oxygen atoms in total. The number of urea groups is 1. The van der Waals surface area contributed by atoms with Gasteiger partial charge in [-0.1, -0.05) is 6.07 Å². The number of nitrogens with zero attached hydrogens (tertiary/aromatic N) is 1. The van der Waals surface area contributed by atoms with E-state index in [1.807, 2.05) is 0 Å². The van der Waals surface area contributed by atoms with Gasteiger partial charge in [0.1, 0.15) is 6.54 Å². The zero-order chi connectivity index (χ0) is 22.9. The van der Waals surface area contributed by atoms with Crippen molar-refractivity contribution in [3.63, 3.8) is 0 Å². The Balaban J connectivity index is 1.36. The number of hydrogen-bond donors (Lipinski definition) is 3. The van der Waals surface area contributed by atoms with Gasteiger partial charge in [-0.15, -0.1) is 0 Å². The van der Waals surface area contributed by atoms with Crippen LogP contribution in [0.25, 0.3) is 0 Å². The molecule has 11 heteroatoms. The second-order valence-corrected chi connectivity index (χ2v) is 10.0. The van der Waals surface area contributed by atoms with E-state index in [0.717, 1.165) is 12.8 Å². The minimum absolute atomic E-state index is 0.0332. The van der Waals surface area contributed by atoms with Crippen LogP contribution in [0.3, 0.4) is 0 Å². The van der Waals surface area contributed by atoms with Crippen molar-refractivity contribution in [2.45, 2.75) is 38.1 Å². The van der Waals surface area contributed by atoms with Gasteiger partial charge >= 0.3 is 6.03 Å². The number of sulfonamides is 1. The minimum atomic E-state index is -3.71. The first-order chi connectivity index (χ1) is 15.2. The van der Waals surface area contributed by atoms with Crippen LogP contribution in [0.4, 0.5) is 9.18 Å². The molecule has 1 saturated heterocycles. The molecule has 172 valence electrons. The molecule has 0 radical (unpaired) electrons. The lowest BCUT2D eigenvalue weighted by Crippen LogP contribution is -2.28. The molecular weight excluding hydrogens is 439 g/mol. The average Bonchev–Trinajstić information content (AvgIpc) is 3.36. The third kappa shape index (κ3) is 5.65. The molecule has 0 spiro atoms. The van der Waals surface area contributed by atoms with E-state index in [0.29, 0.717) is 29.3 Å². The summed E-state index contributed by atoms with van der Waals surface area (Å²) in [4.78, 5) is 27.2. The Morgan fingerprint density at radius 3 is 2.75 bits per heavy atom. The zero-order valence-corrected chi connectivity index (χ0v) is 18.4. The van der Waals surface area contributed by atoms with Crippen LogP contribution in [0, 0.1) is 11.7 Å². The van der Waals surface area contributed by atoms with Gasteiger partial charge in [0.2, 0.25) is 15.9 Å². The van der Waals surface area contributed by atoms with E-state index in [2.05, 4.69) is 15.0 Å². The number of aromatic nitrogens is 1. The van der Waals surface area contributed by atoms with Gasteiger partial charge in [0.25, 0.3) is 0 Å². The van der Waals surface area contributed by atoms with Crippen molar-refractivity contribution >= 4 is 22.0 Å². The number of H-pyrrole nitrogens is 1. The SMILES string of the molecule is C[C@@H](NS(=O)(=O)Cc1c[nH]c(CN2CC(=O)NC2=O)c1)c1ccc(F)c(OCC2CC2)c1. The molecule has 32 heavy (non-hydrogen) atoms. The van der Waals surface area contributed by atoms with Gasteiger partial charge in [0, 0.05) is 17.9 Å². The summed E-state index contributed by atoms with van der Waals surface area (Å²) < 4.78 is 47.5. The summed E-state index contributed by atoms with van der Waals surface area (Å²) in [5, 5.41) is 2.19. The Kier molecular flexibility index (Phi) is 6.20. The molecule has 2 aliphatic rings. The Morgan fingerprint density at radius 1 is 1.28 bits per heavy atom. The molecule has 1 aliphatic carbocycles. The molecule has 0 unspecified atom stereocenters. The number of hydrogen-bond acceptors (Lipinski definition) is 5. The number of rotatable bonds is 10. The first-order valence-electron chi connectivity index (χ1n) is 10.4. The zero-order valence-electron chi connectivity index (χ0n) is 17.6. The highest BCUT2D eigenvalue weighted by Crippen LogP contribution is 2.31. The van der Waals surface area contributed by atoms with Gasteiger partial charge in [0.05, 0.1) is 18.9 Å². The summed E-state index contributed by atoms with van der Waals surface area (Å²) in [6.45, 7) is 2.28. The van der Waals surface area contributed by atoms with Gasteiger partial charge < -0.3 is 14.6 Å². The van der Waals surface area contributed by atoms with E-state index < -0.39 is 27.9 Å². The van der Waals surface area contributed by atoms with E-state index in [9.17, 15) is 22.4 Å². The molecule has 3 amide bonds. The molecule has 2 aromatic rings. The van der Waals surface area contributed by atoms with Crippen LogP contribution < -0.4 is 14.8 Å². The van der Waals surface area contributed by atoms with E-state index in [1.165, 1.54) is 23.1 Å². The molecule has 0 bridgehead atoms. The lowest BCUT2D eigenvalue weighted by Gasteiger charge is -2.16. The van der Waals surface area contributed by atoms with Crippen LogP contribution in [0.2, 0.25) is 0 Å². The van der Waals surface area contributed by atoms with Crippen LogP contribution >= 0.6 is 0 Å². The maximum Gasteiger partial charge on any atom is 0.324 e. The summed E-state index contributed by atoms with van der Waals surface area (Å²) in [6, 6.07) is 4.92. The monoisotopic (exact) mass is 464 g/mol. The first kappa shape index (κ1) is 22.3. The maximum atomic E-state index is 14.0. The largest absolute Gasteiger partial charge is 0.490 e. The number of nitrogens with one attached hydrogen (secondary N) is 3. The topological polar surface area (TPSA) is 121 Å². The summed E-state index contributed by atoms with van der Waals surface area (Å²) in [5.74, 6) is -0.520. The van der Waals surface area contributed by atoms with Crippen molar-refractivity contribution in [3.05, 3.63) is 53.1 Å². The smallest absolute Gasteiger partial charge is 0.324 e. The third-order valence-electron chi connectivity index (χ3n) is 5.37. The number of aromatic amines is 1. The molecule has 4 rings (SSSR count). The molecule has 2 fully saturated rings. The average molecular weight is 465 g/mol. The minimum Gasteiger partial charge on any atom is -0.490 e. The van der Waals surface area contributed by atoms with Crippen LogP contribution in [-0.4, -0.2) is 43.4 Å². The fourth-order valence-electron chi connectivity index (χ4n) is 3.47. The molecule has 2 heterocycles. The van der Waals surface area contributed by atoms with Crippen molar-refractivity contribution in [1.82, 2.24) is 19.9 Å². The van der Waals surface area contributed by atoms with Gasteiger partial charge in [-0.05, 0) is 55.0 Å². The van der Waals surface area contributed by atoms with E-state index in [-0.39, 0.29) is 30.5 Å². The molecule has 1 aliphatic heterocycles. The predicted molar refractivity (Wildman–Crippen MR) is 114 cm³/mol. The van der Waals surface area contributed by atoms with Gasteiger partial charge in [-0.25, -0.2) is 22.3 Å². The van der Waals surface area contributed by atoms with Crippen LogP contribution in [0.15, 0.2) is 30.5 Å². The number of carbonyl (C=O) groups is 2. The molecule has 1 aromatic heterocycles. The Morgan fingerprint density at radius 2 is 2.06 bits per heavy atom. The fourth-order valence-corrected chi connectivity index (χ4v) is 4.84. The summed E-state index contributed by atoms with van der Waals surface area (Å²) in [5.41, 5.74) is 1.72. The Hall–Kier alpha value is -2.92. The van der Waals surface area contributed by atoms with Gasteiger partial charge in [0.15, 0.2) is 11.6 Å². The number of halogens is 1.